The van der Waals surface area contributed by atoms with Gasteiger partial charge in [-0.2, -0.15) is 0 Å². The van der Waals surface area contributed by atoms with Crippen LogP contribution in [0.3, 0.4) is 0 Å². The number of phenols is 1. The molecule has 0 aromatic heterocycles. The molecule has 2 aromatic rings. The van der Waals surface area contributed by atoms with Crippen molar-refractivity contribution < 1.29 is 19.4 Å². The first kappa shape index (κ1) is 16.4. The van der Waals surface area contributed by atoms with Crippen LogP contribution in [0, 0.1) is 0 Å². The van der Waals surface area contributed by atoms with Gasteiger partial charge in [0.25, 0.3) is 0 Å². The van der Waals surface area contributed by atoms with Crippen LogP contribution in [-0.2, 0) is 16.1 Å². The van der Waals surface area contributed by atoms with Gasteiger partial charge in [0, 0.05) is 12.7 Å². The Balaban J connectivity index is 1.78. The number of aromatic hydroxyl groups is 1. The molecule has 2 aromatic carbocycles. The summed E-state index contributed by atoms with van der Waals surface area (Å²) >= 11 is 0. The van der Waals surface area contributed by atoms with Crippen molar-refractivity contribution in [3.8, 4) is 5.75 Å². The maximum absolute atomic E-state index is 11.9. The predicted octanol–water partition coefficient (Wildman–Crippen LogP) is 2.60. The summed E-state index contributed by atoms with van der Waals surface area (Å²) in [6.45, 7) is 0.0259. The van der Waals surface area contributed by atoms with Crippen molar-refractivity contribution in [3.05, 3.63) is 60.2 Å². The molecule has 2 amide bonds. The minimum atomic E-state index is -0.574. The van der Waals surface area contributed by atoms with Crippen molar-refractivity contribution in [2.45, 2.75) is 6.61 Å². The van der Waals surface area contributed by atoms with E-state index in [4.69, 9.17) is 4.74 Å². The van der Waals surface area contributed by atoms with Crippen LogP contribution in [0.2, 0.25) is 0 Å². The number of rotatable bonds is 5. The first-order chi connectivity index (χ1) is 11.0. The molecule has 0 aliphatic rings. The van der Waals surface area contributed by atoms with Crippen LogP contribution in [0.1, 0.15) is 5.56 Å². The zero-order valence-corrected chi connectivity index (χ0v) is 12.7. The van der Waals surface area contributed by atoms with Crippen molar-refractivity contribution in [3.63, 3.8) is 0 Å². The van der Waals surface area contributed by atoms with Gasteiger partial charge in [0.2, 0.25) is 5.91 Å². The van der Waals surface area contributed by atoms with Crippen molar-refractivity contribution in [2.75, 3.05) is 18.9 Å². The molecule has 2 N–H and O–H groups in total. The van der Waals surface area contributed by atoms with Gasteiger partial charge in [-0.1, -0.05) is 30.3 Å². The van der Waals surface area contributed by atoms with Crippen molar-refractivity contribution in [2.24, 2.45) is 0 Å². The van der Waals surface area contributed by atoms with Gasteiger partial charge in [-0.05, 0) is 29.8 Å². The van der Waals surface area contributed by atoms with E-state index in [1.54, 1.807) is 12.1 Å². The SMILES string of the molecule is CN(CC(=O)Nc1ccc(O)cc1)C(=O)OCc1ccccc1. The van der Waals surface area contributed by atoms with Gasteiger partial charge in [-0.15, -0.1) is 0 Å². The van der Waals surface area contributed by atoms with E-state index in [1.165, 1.54) is 24.1 Å². The quantitative estimate of drug-likeness (QED) is 0.832. The molecule has 0 saturated heterocycles. The highest BCUT2D eigenvalue weighted by molar-refractivity contribution is 5.93. The zero-order chi connectivity index (χ0) is 16.7. The van der Waals surface area contributed by atoms with E-state index >= 15 is 0 Å². The minimum absolute atomic E-state index is 0.115. The molecule has 0 fully saturated rings. The predicted molar refractivity (Wildman–Crippen MR) is 86.0 cm³/mol. The molecule has 0 unspecified atom stereocenters. The number of benzene rings is 2. The molecule has 0 spiro atoms. The molecule has 0 saturated carbocycles. The average Bonchev–Trinajstić information content (AvgIpc) is 2.55. The largest absolute Gasteiger partial charge is 0.508 e. The number of ether oxygens (including phenoxy) is 1. The van der Waals surface area contributed by atoms with E-state index < -0.39 is 6.09 Å². The number of anilines is 1. The van der Waals surface area contributed by atoms with Crippen LogP contribution in [0.5, 0.6) is 5.75 Å². The molecule has 6 nitrogen and oxygen atoms in total. The number of hydrogen-bond donors (Lipinski definition) is 2. The van der Waals surface area contributed by atoms with Gasteiger partial charge < -0.3 is 20.1 Å². The van der Waals surface area contributed by atoms with Gasteiger partial charge in [0.15, 0.2) is 0 Å². The molecule has 0 radical (unpaired) electrons. The minimum Gasteiger partial charge on any atom is -0.508 e. The van der Waals surface area contributed by atoms with Crippen molar-refractivity contribution >= 4 is 17.7 Å². The monoisotopic (exact) mass is 314 g/mol. The highest BCUT2D eigenvalue weighted by Gasteiger charge is 2.14. The molecule has 0 atom stereocenters. The Labute approximate surface area is 134 Å². The molecule has 0 heterocycles. The second kappa shape index (κ2) is 7.84. The van der Waals surface area contributed by atoms with Gasteiger partial charge >= 0.3 is 6.09 Å². The van der Waals surface area contributed by atoms with Crippen LogP contribution in [0.4, 0.5) is 10.5 Å². The summed E-state index contributed by atoms with van der Waals surface area (Å²) in [6, 6.07) is 15.4. The van der Waals surface area contributed by atoms with Crippen LogP contribution < -0.4 is 5.32 Å². The number of hydrogen-bond acceptors (Lipinski definition) is 4. The summed E-state index contributed by atoms with van der Waals surface area (Å²) in [5.74, 6) is -0.237. The molecular weight excluding hydrogens is 296 g/mol. The highest BCUT2D eigenvalue weighted by atomic mass is 16.6. The van der Waals surface area contributed by atoms with Crippen LogP contribution in [0.25, 0.3) is 0 Å². The molecule has 6 heteroatoms. The van der Waals surface area contributed by atoms with E-state index in [0.717, 1.165) is 5.56 Å². The fraction of sp³-hybridized carbons (Fsp3) is 0.176. The second-order valence-electron chi connectivity index (χ2n) is 4.99. The zero-order valence-electron chi connectivity index (χ0n) is 12.7. The summed E-state index contributed by atoms with van der Waals surface area (Å²) < 4.78 is 5.13. The summed E-state index contributed by atoms with van der Waals surface area (Å²) in [5, 5.41) is 11.8. The lowest BCUT2D eigenvalue weighted by Crippen LogP contribution is -2.35. The number of nitrogens with zero attached hydrogens (tertiary/aromatic N) is 1. The van der Waals surface area contributed by atoms with Crippen LogP contribution in [-0.4, -0.2) is 35.6 Å². The maximum Gasteiger partial charge on any atom is 0.410 e. The molecule has 23 heavy (non-hydrogen) atoms. The second-order valence-corrected chi connectivity index (χ2v) is 4.99. The molecule has 0 aliphatic carbocycles. The third-order valence-electron chi connectivity index (χ3n) is 3.05. The van der Waals surface area contributed by atoms with E-state index in [2.05, 4.69) is 5.32 Å². The Morgan fingerprint density at radius 2 is 1.74 bits per heavy atom. The topological polar surface area (TPSA) is 78.9 Å². The molecule has 2 rings (SSSR count). The smallest absolute Gasteiger partial charge is 0.410 e. The lowest BCUT2D eigenvalue weighted by atomic mass is 10.2. The lowest BCUT2D eigenvalue weighted by Gasteiger charge is -2.16. The fourth-order valence-electron chi connectivity index (χ4n) is 1.85. The van der Waals surface area contributed by atoms with Crippen LogP contribution >= 0.6 is 0 Å². The number of likely N-dealkylation sites (N-methyl/N-ethyl adjacent to an activating group) is 1. The van der Waals surface area contributed by atoms with Gasteiger partial charge in [-0.3, -0.25) is 4.79 Å². The number of carbonyl (C=O) groups is 2. The number of nitrogens with one attached hydrogen (secondary N) is 1. The van der Waals surface area contributed by atoms with E-state index in [1.807, 2.05) is 30.3 Å². The van der Waals surface area contributed by atoms with E-state index in [-0.39, 0.29) is 24.8 Å². The van der Waals surface area contributed by atoms with Gasteiger partial charge in [0.1, 0.15) is 18.9 Å². The van der Waals surface area contributed by atoms with E-state index in [0.29, 0.717) is 5.69 Å². The molecule has 0 aliphatic heterocycles. The summed E-state index contributed by atoms with van der Waals surface area (Å²) in [7, 11) is 1.49. The molecule has 0 bridgehead atoms. The van der Waals surface area contributed by atoms with Gasteiger partial charge in [-0.25, -0.2) is 4.79 Å². The maximum atomic E-state index is 11.9. The Hall–Kier alpha value is -3.02. The Morgan fingerprint density at radius 3 is 2.39 bits per heavy atom. The standard InChI is InChI=1S/C17H18N2O4/c1-19(17(22)23-12-13-5-3-2-4-6-13)11-16(21)18-14-7-9-15(20)10-8-14/h2-10,20H,11-12H2,1H3,(H,18,21). The lowest BCUT2D eigenvalue weighted by molar-refractivity contribution is -0.116. The Bertz CT molecular complexity index is 656. The summed E-state index contributed by atoms with van der Waals surface area (Å²) in [6.07, 6.45) is -0.574. The van der Waals surface area contributed by atoms with Crippen LogP contribution in [0.15, 0.2) is 54.6 Å². The highest BCUT2D eigenvalue weighted by Crippen LogP contribution is 2.13. The fourth-order valence-corrected chi connectivity index (χ4v) is 1.85. The molecule has 120 valence electrons. The number of amides is 2. The van der Waals surface area contributed by atoms with Crippen molar-refractivity contribution in [1.82, 2.24) is 4.90 Å². The first-order valence-electron chi connectivity index (χ1n) is 7.05. The normalized spacial score (nSPS) is 9.96. The first-order valence-corrected chi connectivity index (χ1v) is 7.05. The van der Waals surface area contributed by atoms with Gasteiger partial charge in [0.05, 0.1) is 0 Å². The third kappa shape index (κ3) is 5.35. The summed E-state index contributed by atoms with van der Waals surface area (Å²) in [4.78, 5) is 24.9. The molecular formula is C17H18N2O4. The Kier molecular flexibility index (Phi) is 5.57. The average molecular weight is 314 g/mol. The van der Waals surface area contributed by atoms with E-state index in [9.17, 15) is 14.7 Å². The Morgan fingerprint density at radius 1 is 1.09 bits per heavy atom. The number of carbonyl (C=O) groups excluding carboxylic acids is 2. The third-order valence-corrected chi connectivity index (χ3v) is 3.05. The number of phenolic OH excluding ortho intramolecular Hbond substituents is 1. The summed E-state index contributed by atoms with van der Waals surface area (Å²) in [5.41, 5.74) is 1.42. The van der Waals surface area contributed by atoms with Crippen molar-refractivity contribution in [1.29, 1.82) is 0 Å².